The zero-order chi connectivity index (χ0) is 36.5. The molecular weight excluding hydrogens is 662 g/mol. The number of pyridine rings is 1. The van der Waals surface area contributed by atoms with Crippen molar-refractivity contribution in [2.45, 2.75) is 50.9 Å². The van der Waals surface area contributed by atoms with Gasteiger partial charge in [0.1, 0.15) is 5.75 Å². The van der Waals surface area contributed by atoms with Crippen molar-refractivity contribution < 1.29 is 24.5 Å². The summed E-state index contributed by atoms with van der Waals surface area (Å²) in [7, 11) is 1.76. The molecule has 0 aliphatic carbocycles. The molecule has 0 radical (unpaired) electrons. The maximum atomic E-state index is 12.7. The number of benzene rings is 2. The third-order valence-corrected chi connectivity index (χ3v) is 10.1. The zero-order valence-corrected chi connectivity index (χ0v) is 30.2. The number of nitrogens with zero attached hydrogens (tertiary/aromatic N) is 5. The Hall–Kier alpha value is -4.40. The van der Waals surface area contributed by atoms with Crippen LogP contribution in [0.3, 0.4) is 0 Å². The molecule has 278 valence electrons. The highest BCUT2D eigenvalue weighted by Crippen LogP contribution is 2.32. The number of morpholine rings is 1. The molecule has 1 atom stereocenters. The van der Waals surface area contributed by atoms with Gasteiger partial charge in [0.15, 0.2) is 0 Å². The number of fused-ring (bicyclic) bond motifs is 1. The molecule has 2 fully saturated rings. The van der Waals surface area contributed by atoms with Crippen molar-refractivity contribution >= 4 is 22.8 Å². The molecule has 13 nitrogen and oxygen atoms in total. The highest BCUT2D eigenvalue weighted by atomic mass is 16.5. The van der Waals surface area contributed by atoms with Crippen LogP contribution in [0.5, 0.6) is 5.75 Å². The van der Waals surface area contributed by atoms with Gasteiger partial charge in [-0.2, -0.15) is 0 Å². The lowest BCUT2D eigenvalue weighted by atomic mass is 9.89. The number of ether oxygens (including phenoxy) is 2. The number of rotatable bonds is 15. The Labute approximate surface area is 304 Å². The molecule has 2 aliphatic heterocycles. The van der Waals surface area contributed by atoms with Crippen LogP contribution >= 0.6 is 0 Å². The van der Waals surface area contributed by atoms with E-state index >= 15 is 0 Å². The number of phenolic OH excluding ortho intramolecular Hbond substituents is 1. The Kier molecular flexibility index (Phi) is 12.5. The number of aromatic nitrogens is 3. The van der Waals surface area contributed by atoms with Crippen molar-refractivity contribution in [3.8, 4) is 5.75 Å². The van der Waals surface area contributed by atoms with Gasteiger partial charge in [-0.15, -0.1) is 0 Å². The van der Waals surface area contributed by atoms with E-state index in [1.807, 2.05) is 19.2 Å². The number of phenols is 1. The predicted octanol–water partition coefficient (Wildman–Crippen LogP) is 2.93. The molecule has 2 saturated heterocycles. The molecule has 1 unspecified atom stereocenters. The average Bonchev–Trinajstić information content (AvgIpc) is 3.14. The average molecular weight is 714 g/mol. The number of aromatic hydroxyl groups is 1. The van der Waals surface area contributed by atoms with Crippen LogP contribution in [0, 0.1) is 6.92 Å². The number of aliphatic hydroxyl groups is 1. The number of hydrogen-bond acceptors (Lipinski definition) is 11. The molecule has 13 heteroatoms. The van der Waals surface area contributed by atoms with Crippen molar-refractivity contribution in [3.05, 3.63) is 93.5 Å². The second-order valence-electron chi connectivity index (χ2n) is 14.0. The van der Waals surface area contributed by atoms with Crippen molar-refractivity contribution in [1.29, 1.82) is 0 Å². The first kappa shape index (κ1) is 37.4. The Bertz CT molecular complexity index is 1860. The lowest BCUT2D eigenvalue weighted by molar-refractivity contribution is -0.131. The third kappa shape index (κ3) is 9.72. The molecule has 2 aromatic carbocycles. The molecule has 0 saturated carbocycles. The number of aromatic amines is 1. The van der Waals surface area contributed by atoms with Gasteiger partial charge < -0.3 is 39.8 Å². The number of piperidine rings is 1. The second-order valence-corrected chi connectivity index (χ2v) is 14.0. The van der Waals surface area contributed by atoms with Crippen LogP contribution in [0.4, 0.5) is 5.95 Å². The minimum atomic E-state index is -0.856. The maximum Gasteiger partial charge on any atom is 0.248 e. The maximum absolute atomic E-state index is 12.7. The van der Waals surface area contributed by atoms with Gasteiger partial charge in [-0.05, 0) is 61.1 Å². The summed E-state index contributed by atoms with van der Waals surface area (Å²) in [5.41, 5.74) is 3.91. The van der Waals surface area contributed by atoms with E-state index in [1.165, 1.54) is 23.3 Å². The number of likely N-dealkylation sites (tertiary alicyclic amines) is 1. The van der Waals surface area contributed by atoms with E-state index in [2.05, 4.69) is 54.3 Å². The van der Waals surface area contributed by atoms with Crippen molar-refractivity contribution in [3.63, 3.8) is 0 Å². The summed E-state index contributed by atoms with van der Waals surface area (Å²) in [6, 6.07) is 16.7. The second kappa shape index (κ2) is 17.4. The molecule has 4 heterocycles. The van der Waals surface area contributed by atoms with Gasteiger partial charge in [-0.25, -0.2) is 9.97 Å². The van der Waals surface area contributed by atoms with Gasteiger partial charge in [0.2, 0.25) is 17.4 Å². The normalized spacial score (nSPS) is 16.7. The van der Waals surface area contributed by atoms with Crippen molar-refractivity contribution in [2.75, 3.05) is 77.6 Å². The van der Waals surface area contributed by atoms with Crippen LogP contribution in [0.2, 0.25) is 0 Å². The quantitative estimate of drug-likeness (QED) is 0.134. The Morgan fingerprint density at radius 2 is 1.94 bits per heavy atom. The Morgan fingerprint density at radius 3 is 2.77 bits per heavy atom. The molecule has 1 amide bonds. The highest BCUT2D eigenvalue weighted by Gasteiger charge is 2.40. The molecular formula is C39H51N7O6. The van der Waals surface area contributed by atoms with Gasteiger partial charge in [0.05, 0.1) is 50.0 Å². The van der Waals surface area contributed by atoms with Crippen LogP contribution in [0.25, 0.3) is 10.9 Å². The lowest BCUT2D eigenvalue weighted by Gasteiger charge is -2.47. The molecule has 0 bridgehead atoms. The summed E-state index contributed by atoms with van der Waals surface area (Å²) in [6.45, 7) is 9.35. The molecule has 2 aliphatic rings. The van der Waals surface area contributed by atoms with Crippen molar-refractivity contribution in [1.82, 2.24) is 30.1 Å². The van der Waals surface area contributed by atoms with Crippen LogP contribution in [0.15, 0.2) is 65.6 Å². The van der Waals surface area contributed by atoms with Crippen LogP contribution < -0.4 is 15.8 Å². The minimum Gasteiger partial charge on any atom is -0.506 e. The number of carbonyl (C=O) groups is 1. The number of H-pyrrole nitrogens is 1. The van der Waals surface area contributed by atoms with E-state index in [1.54, 1.807) is 24.1 Å². The highest BCUT2D eigenvalue weighted by molar-refractivity contribution is 5.87. The number of amides is 1. The Morgan fingerprint density at radius 1 is 1.12 bits per heavy atom. The fourth-order valence-corrected chi connectivity index (χ4v) is 7.08. The summed E-state index contributed by atoms with van der Waals surface area (Å²) >= 11 is 0. The van der Waals surface area contributed by atoms with Gasteiger partial charge in [-0.3, -0.25) is 14.5 Å². The number of aliphatic hydroxyl groups excluding tert-OH is 1. The standard InChI is InChI=1S/C39H51N7O6/c1-28-10-15-41-38(42-28)46-20-23-52-39(27-46)13-17-45(18-14-39)26-30-5-3-4-29(24-30)11-21-51-22-12-36(50)44(2)19-16-40-25-34(48)31-6-8-33(47)37-32(31)7-9-35(49)43-37/h3-10,15,24,34,40,47-48H,11-14,16-23,25-27H2,1-2H3,(H,43,49). The number of hydrogen-bond donors (Lipinski definition) is 4. The topological polar surface area (TPSA) is 156 Å². The van der Waals surface area contributed by atoms with Crippen LogP contribution in [0.1, 0.15) is 47.8 Å². The summed E-state index contributed by atoms with van der Waals surface area (Å²) in [4.78, 5) is 42.5. The van der Waals surface area contributed by atoms with E-state index in [-0.39, 0.29) is 29.4 Å². The molecule has 2 aromatic heterocycles. The number of anilines is 1. The fourth-order valence-electron chi connectivity index (χ4n) is 7.08. The number of carbonyl (C=O) groups excluding carboxylic acids is 1. The molecule has 1 spiro atoms. The zero-order valence-electron chi connectivity index (χ0n) is 30.2. The molecule has 6 rings (SSSR count). The van der Waals surface area contributed by atoms with E-state index in [0.717, 1.165) is 63.6 Å². The molecule has 4 N–H and O–H groups in total. The summed E-state index contributed by atoms with van der Waals surface area (Å²) in [5, 5.41) is 24.6. The van der Waals surface area contributed by atoms with E-state index in [9.17, 15) is 19.8 Å². The van der Waals surface area contributed by atoms with Gasteiger partial charge >= 0.3 is 0 Å². The van der Waals surface area contributed by atoms with Gasteiger partial charge in [0, 0.05) is 76.2 Å². The third-order valence-electron chi connectivity index (χ3n) is 10.1. The van der Waals surface area contributed by atoms with Crippen molar-refractivity contribution in [2.24, 2.45) is 0 Å². The molecule has 52 heavy (non-hydrogen) atoms. The SMILES string of the molecule is Cc1ccnc(N2CCOC3(CCN(Cc4cccc(CCOCCC(=O)N(C)CCNCC(O)c5ccc(O)c6[nH]c(=O)ccc56)c4)CC3)C2)n1. The van der Waals surface area contributed by atoms with Crippen LogP contribution in [-0.2, 0) is 27.2 Å². The minimum absolute atomic E-state index is 0.00373. The number of nitrogens with one attached hydrogen (secondary N) is 2. The van der Waals surface area contributed by atoms with Gasteiger partial charge in [-0.1, -0.05) is 30.3 Å². The largest absolute Gasteiger partial charge is 0.506 e. The van der Waals surface area contributed by atoms with Crippen LogP contribution in [-0.4, -0.2) is 119 Å². The summed E-state index contributed by atoms with van der Waals surface area (Å²) < 4.78 is 12.2. The van der Waals surface area contributed by atoms with E-state index in [4.69, 9.17) is 9.47 Å². The number of likely N-dealkylation sites (N-methyl/N-ethyl adjacent to an activating group) is 1. The lowest BCUT2D eigenvalue weighted by Crippen LogP contribution is -2.57. The monoisotopic (exact) mass is 713 g/mol. The predicted molar refractivity (Wildman–Crippen MR) is 199 cm³/mol. The fraction of sp³-hybridized carbons (Fsp3) is 0.487. The smallest absolute Gasteiger partial charge is 0.248 e. The first-order valence-corrected chi connectivity index (χ1v) is 18.2. The van der Waals surface area contributed by atoms with E-state index in [0.29, 0.717) is 55.8 Å². The van der Waals surface area contributed by atoms with E-state index < -0.39 is 6.10 Å². The first-order valence-electron chi connectivity index (χ1n) is 18.2. The summed E-state index contributed by atoms with van der Waals surface area (Å²) in [5.74, 6) is 0.744. The molecule has 4 aromatic rings. The van der Waals surface area contributed by atoms with Gasteiger partial charge in [0.25, 0.3) is 0 Å². The number of aryl methyl sites for hydroxylation is 1. The first-order chi connectivity index (χ1) is 25.2. The Balaban J connectivity index is 0.852. The summed E-state index contributed by atoms with van der Waals surface area (Å²) in [6.07, 6.45) is 4.03.